The molecule has 0 amide bonds. The molecule has 0 unspecified atom stereocenters. The number of rotatable bonds is 1. The summed E-state index contributed by atoms with van der Waals surface area (Å²) in [4.78, 5) is 5.27. The lowest BCUT2D eigenvalue weighted by Gasteiger charge is -2.22. The standard InChI is InChI=1S/C8H14N2O/c9-5-7-6-3-1-2-4-8(6)11-10-7/h6,8H,1-5,9H2/t6-,8+/m1/s1. The van der Waals surface area contributed by atoms with Gasteiger partial charge >= 0.3 is 0 Å². The zero-order valence-corrected chi connectivity index (χ0v) is 6.62. The minimum atomic E-state index is 0.363. The van der Waals surface area contributed by atoms with Gasteiger partial charge in [0.05, 0.1) is 5.71 Å². The quantitative estimate of drug-likeness (QED) is 0.609. The second kappa shape index (κ2) is 2.81. The van der Waals surface area contributed by atoms with Gasteiger partial charge in [-0.3, -0.25) is 0 Å². The molecule has 2 rings (SSSR count). The lowest BCUT2D eigenvalue weighted by molar-refractivity contribution is 0.0397. The molecule has 3 nitrogen and oxygen atoms in total. The first kappa shape index (κ1) is 7.10. The molecule has 0 spiro atoms. The van der Waals surface area contributed by atoms with Gasteiger partial charge in [0, 0.05) is 12.5 Å². The summed E-state index contributed by atoms with van der Waals surface area (Å²) in [7, 11) is 0. The van der Waals surface area contributed by atoms with Crippen LogP contribution in [0.5, 0.6) is 0 Å². The van der Waals surface area contributed by atoms with Crippen LogP contribution in [0.15, 0.2) is 5.16 Å². The maximum atomic E-state index is 5.53. The summed E-state index contributed by atoms with van der Waals surface area (Å²) in [6.07, 6.45) is 5.35. The normalized spacial score (nSPS) is 35.9. The summed E-state index contributed by atoms with van der Waals surface area (Å²) < 4.78 is 0. The number of fused-ring (bicyclic) bond motifs is 1. The second-order valence-electron chi connectivity index (χ2n) is 3.32. The van der Waals surface area contributed by atoms with Crippen molar-refractivity contribution in [2.45, 2.75) is 31.8 Å². The minimum absolute atomic E-state index is 0.363. The SMILES string of the molecule is NCC1=NO[C@H]2CCCC[C@H]12. The molecule has 3 heteroatoms. The summed E-state index contributed by atoms with van der Waals surface area (Å²) in [6.45, 7) is 0.571. The van der Waals surface area contributed by atoms with Gasteiger partial charge in [0.15, 0.2) is 0 Å². The van der Waals surface area contributed by atoms with E-state index in [4.69, 9.17) is 10.6 Å². The summed E-state index contributed by atoms with van der Waals surface area (Å²) in [5, 5.41) is 3.99. The van der Waals surface area contributed by atoms with E-state index in [9.17, 15) is 0 Å². The van der Waals surface area contributed by atoms with Crippen LogP contribution in [0, 0.1) is 5.92 Å². The van der Waals surface area contributed by atoms with Crippen molar-refractivity contribution < 1.29 is 4.84 Å². The van der Waals surface area contributed by atoms with Crippen LogP contribution in [0.4, 0.5) is 0 Å². The van der Waals surface area contributed by atoms with Crippen LogP contribution < -0.4 is 5.73 Å². The molecule has 1 aliphatic carbocycles. The monoisotopic (exact) mass is 154 g/mol. The first-order chi connectivity index (χ1) is 5.42. The van der Waals surface area contributed by atoms with Crippen molar-refractivity contribution in [3.8, 4) is 0 Å². The van der Waals surface area contributed by atoms with Crippen molar-refractivity contribution in [3.05, 3.63) is 0 Å². The van der Waals surface area contributed by atoms with E-state index in [0.717, 1.165) is 12.1 Å². The molecular formula is C8H14N2O. The summed E-state index contributed by atoms with van der Waals surface area (Å²) in [5.41, 5.74) is 6.61. The van der Waals surface area contributed by atoms with Crippen LogP contribution in [0.25, 0.3) is 0 Å². The van der Waals surface area contributed by atoms with Crippen molar-refractivity contribution >= 4 is 5.71 Å². The van der Waals surface area contributed by atoms with E-state index in [1.165, 1.54) is 19.3 Å². The van der Waals surface area contributed by atoms with Crippen LogP contribution in [0.1, 0.15) is 25.7 Å². The van der Waals surface area contributed by atoms with Gasteiger partial charge in [0.2, 0.25) is 0 Å². The van der Waals surface area contributed by atoms with E-state index < -0.39 is 0 Å². The molecule has 2 atom stereocenters. The fourth-order valence-electron chi connectivity index (χ4n) is 2.00. The summed E-state index contributed by atoms with van der Waals surface area (Å²) in [5.74, 6) is 0.550. The zero-order valence-electron chi connectivity index (χ0n) is 6.62. The third-order valence-corrected chi connectivity index (χ3v) is 2.65. The summed E-state index contributed by atoms with van der Waals surface area (Å²) in [6, 6.07) is 0. The molecule has 62 valence electrons. The van der Waals surface area contributed by atoms with Crippen molar-refractivity contribution in [2.75, 3.05) is 6.54 Å². The maximum absolute atomic E-state index is 5.53. The van der Waals surface area contributed by atoms with Crippen LogP contribution in [-0.2, 0) is 4.84 Å². The number of hydrogen-bond donors (Lipinski definition) is 1. The Kier molecular flexibility index (Phi) is 1.82. The Labute approximate surface area is 66.6 Å². The molecule has 1 saturated carbocycles. The maximum Gasteiger partial charge on any atom is 0.135 e. The predicted octanol–water partition coefficient (Wildman–Crippen LogP) is 0.890. The molecule has 2 N–H and O–H groups in total. The Morgan fingerprint density at radius 1 is 1.45 bits per heavy atom. The molecule has 0 aromatic heterocycles. The van der Waals surface area contributed by atoms with Gasteiger partial charge in [-0.25, -0.2) is 0 Å². The van der Waals surface area contributed by atoms with Gasteiger partial charge in [-0.05, 0) is 19.3 Å². The van der Waals surface area contributed by atoms with Crippen molar-refractivity contribution in [2.24, 2.45) is 16.8 Å². The van der Waals surface area contributed by atoms with Crippen LogP contribution in [0.3, 0.4) is 0 Å². The second-order valence-corrected chi connectivity index (χ2v) is 3.32. The van der Waals surface area contributed by atoms with Crippen molar-refractivity contribution in [1.82, 2.24) is 0 Å². The van der Waals surface area contributed by atoms with E-state index in [1.54, 1.807) is 0 Å². The van der Waals surface area contributed by atoms with E-state index in [1.807, 2.05) is 0 Å². The van der Waals surface area contributed by atoms with E-state index in [-0.39, 0.29) is 0 Å². The smallest absolute Gasteiger partial charge is 0.135 e. The number of hydrogen-bond acceptors (Lipinski definition) is 3. The Morgan fingerprint density at radius 2 is 2.27 bits per heavy atom. The first-order valence-corrected chi connectivity index (χ1v) is 4.34. The highest BCUT2D eigenvalue weighted by Crippen LogP contribution is 2.31. The molecule has 0 bridgehead atoms. The Bertz CT molecular complexity index is 179. The molecule has 0 saturated heterocycles. The number of nitrogens with two attached hydrogens (primary N) is 1. The van der Waals surface area contributed by atoms with Crippen LogP contribution >= 0.6 is 0 Å². The highest BCUT2D eigenvalue weighted by atomic mass is 16.6. The predicted molar refractivity (Wildman–Crippen MR) is 43.3 cm³/mol. The average Bonchev–Trinajstić information content (AvgIpc) is 2.47. The average molecular weight is 154 g/mol. The minimum Gasteiger partial charge on any atom is -0.392 e. The zero-order chi connectivity index (χ0) is 7.68. The molecule has 1 heterocycles. The third-order valence-electron chi connectivity index (χ3n) is 2.65. The summed E-state index contributed by atoms with van der Waals surface area (Å²) >= 11 is 0. The molecular weight excluding hydrogens is 140 g/mol. The Balaban J connectivity index is 2.05. The number of nitrogens with zero attached hydrogens (tertiary/aromatic N) is 1. The molecule has 0 aromatic rings. The van der Waals surface area contributed by atoms with Gasteiger partial charge in [-0.1, -0.05) is 11.6 Å². The van der Waals surface area contributed by atoms with E-state index >= 15 is 0 Å². The molecule has 11 heavy (non-hydrogen) atoms. The third kappa shape index (κ3) is 1.13. The van der Waals surface area contributed by atoms with E-state index in [2.05, 4.69) is 5.16 Å². The highest BCUT2D eigenvalue weighted by Gasteiger charge is 2.34. The molecule has 1 aliphatic heterocycles. The largest absolute Gasteiger partial charge is 0.392 e. The molecule has 1 fully saturated rings. The Morgan fingerprint density at radius 3 is 3.09 bits per heavy atom. The lowest BCUT2D eigenvalue weighted by atomic mass is 9.84. The topological polar surface area (TPSA) is 47.6 Å². The van der Waals surface area contributed by atoms with Crippen molar-refractivity contribution in [1.29, 1.82) is 0 Å². The fraction of sp³-hybridized carbons (Fsp3) is 0.875. The lowest BCUT2D eigenvalue weighted by Crippen LogP contribution is -2.30. The Hall–Kier alpha value is -0.570. The molecule has 0 radical (unpaired) electrons. The van der Waals surface area contributed by atoms with Crippen LogP contribution in [-0.4, -0.2) is 18.4 Å². The number of oxime groups is 1. The van der Waals surface area contributed by atoms with Crippen molar-refractivity contribution in [3.63, 3.8) is 0 Å². The first-order valence-electron chi connectivity index (χ1n) is 4.34. The van der Waals surface area contributed by atoms with E-state index in [0.29, 0.717) is 18.6 Å². The fourth-order valence-corrected chi connectivity index (χ4v) is 2.00. The van der Waals surface area contributed by atoms with Gasteiger partial charge in [-0.15, -0.1) is 0 Å². The van der Waals surface area contributed by atoms with Gasteiger partial charge in [0.25, 0.3) is 0 Å². The van der Waals surface area contributed by atoms with Gasteiger partial charge in [0.1, 0.15) is 6.10 Å². The molecule has 2 aliphatic rings. The van der Waals surface area contributed by atoms with Crippen LogP contribution in [0.2, 0.25) is 0 Å². The molecule has 0 aromatic carbocycles. The van der Waals surface area contributed by atoms with Gasteiger partial charge < -0.3 is 10.6 Å². The highest BCUT2D eigenvalue weighted by molar-refractivity contribution is 5.89. The van der Waals surface area contributed by atoms with Gasteiger partial charge in [-0.2, -0.15) is 0 Å².